The summed E-state index contributed by atoms with van der Waals surface area (Å²) in [5.41, 5.74) is 0. The second-order valence-corrected chi connectivity index (χ2v) is 5.24. The summed E-state index contributed by atoms with van der Waals surface area (Å²) in [6, 6.07) is 0. The van der Waals surface area contributed by atoms with E-state index >= 15 is 0 Å². The highest BCUT2D eigenvalue weighted by atomic mass is 35.5. The minimum atomic E-state index is -0.139. The molecule has 0 N–H and O–H groups in total. The Morgan fingerprint density at radius 3 is 2.21 bits per heavy atom. The first kappa shape index (κ1) is 10.5. The van der Waals surface area contributed by atoms with Gasteiger partial charge in [0.1, 0.15) is 0 Å². The van der Waals surface area contributed by atoms with Crippen LogP contribution in [0.2, 0.25) is 0 Å². The molecular formula is C12H19ClO. The van der Waals surface area contributed by atoms with Gasteiger partial charge in [-0.05, 0) is 18.8 Å². The van der Waals surface area contributed by atoms with Crippen LogP contribution in [0.15, 0.2) is 0 Å². The molecule has 2 fully saturated rings. The van der Waals surface area contributed by atoms with Crippen LogP contribution in [-0.2, 0) is 4.79 Å². The molecule has 14 heavy (non-hydrogen) atoms. The van der Waals surface area contributed by atoms with Crippen LogP contribution in [-0.4, -0.2) is 11.2 Å². The van der Waals surface area contributed by atoms with Gasteiger partial charge in [-0.25, -0.2) is 0 Å². The maximum Gasteiger partial charge on any atom is 0.154 e. The first-order valence-electron chi connectivity index (χ1n) is 5.98. The molecule has 0 saturated heterocycles. The molecule has 2 aliphatic carbocycles. The van der Waals surface area contributed by atoms with E-state index in [0.717, 1.165) is 6.42 Å². The SMILES string of the molecule is O=C1[C@@H](Cl)[C@H]2CCCCCCCC[C@@H]12. The molecule has 0 aromatic heterocycles. The highest BCUT2D eigenvalue weighted by Gasteiger charge is 2.47. The molecule has 0 aromatic rings. The molecule has 0 amide bonds. The molecular weight excluding hydrogens is 196 g/mol. The van der Waals surface area contributed by atoms with Gasteiger partial charge in [0.25, 0.3) is 0 Å². The molecule has 2 heteroatoms. The summed E-state index contributed by atoms with van der Waals surface area (Å²) in [5, 5.41) is -0.139. The summed E-state index contributed by atoms with van der Waals surface area (Å²) < 4.78 is 0. The van der Waals surface area contributed by atoms with E-state index in [1.807, 2.05) is 0 Å². The molecule has 1 nitrogen and oxygen atoms in total. The standard InChI is InChI=1S/C12H19ClO/c13-11-9-7-5-3-1-2-4-6-8-10(9)12(11)14/h9-11H,1-8H2/t9-,10+,11-/m0/s1. The third-order valence-corrected chi connectivity index (χ3v) is 4.37. The van der Waals surface area contributed by atoms with Gasteiger partial charge < -0.3 is 0 Å². The first-order chi connectivity index (χ1) is 6.80. The zero-order chi connectivity index (χ0) is 9.97. The molecule has 3 atom stereocenters. The fourth-order valence-corrected chi connectivity index (χ4v) is 3.33. The van der Waals surface area contributed by atoms with E-state index in [4.69, 9.17) is 11.6 Å². The largest absolute Gasteiger partial charge is 0.298 e. The van der Waals surface area contributed by atoms with Crippen LogP contribution in [0.4, 0.5) is 0 Å². The van der Waals surface area contributed by atoms with Gasteiger partial charge in [0.15, 0.2) is 5.78 Å². The maximum atomic E-state index is 11.5. The van der Waals surface area contributed by atoms with Gasteiger partial charge in [-0.1, -0.05) is 38.5 Å². The summed E-state index contributed by atoms with van der Waals surface area (Å²) >= 11 is 6.04. The van der Waals surface area contributed by atoms with Gasteiger partial charge >= 0.3 is 0 Å². The third-order valence-electron chi connectivity index (χ3n) is 3.83. The van der Waals surface area contributed by atoms with Gasteiger partial charge in [-0.3, -0.25) is 4.79 Å². The first-order valence-corrected chi connectivity index (χ1v) is 6.42. The number of carbonyl (C=O) groups excluding carboxylic acids is 1. The van der Waals surface area contributed by atoms with Crippen molar-refractivity contribution in [2.75, 3.05) is 0 Å². The van der Waals surface area contributed by atoms with E-state index in [9.17, 15) is 4.79 Å². The highest BCUT2D eigenvalue weighted by molar-refractivity contribution is 6.34. The van der Waals surface area contributed by atoms with Gasteiger partial charge in [-0.15, -0.1) is 11.6 Å². The van der Waals surface area contributed by atoms with Crippen molar-refractivity contribution in [2.24, 2.45) is 11.8 Å². The number of rotatable bonds is 0. The summed E-state index contributed by atoms with van der Waals surface area (Å²) in [6.45, 7) is 0. The number of hydrogen-bond donors (Lipinski definition) is 0. The lowest BCUT2D eigenvalue weighted by atomic mass is 9.67. The second-order valence-electron chi connectivity index (χ2n) is 4.77. The van der Waals surface area contributed by atoms with Crippen molar-refractivity contribution in [2.45, 2.75) is 56.7 Å². The Labute approximate surface area is 91.2 Å². The number of halogens is 1. The van der Waals surface area contributed by atoms with Gasteiger partial charge in [0, 0.05) is 5.92 Å². The van der Waals surface area contributed by atoms with Crippen molar-refractivity contribution in [3.8, 4) is 0 Å². The van der Waals surface area contributed by atoms with Crippen LogP contribution < -0.4 is 0 Å². The maximum absolute atomic E-state index is 11.5. The fraction of sp³-hybridized carbons (Fsp3) is 0.917. The zero-order valence-corrected chi connectivity index (χ0v) is 9.43. The molecule has 80 valence electrons. The Morgan fingerprint density at radius 1 is 0.929 bits per heavy atom. The Bertz CT molecular complexity index is 214. The van der Waals surface area contributed by atoms with E-state index in [-0.39, 0.29) is 5.38 Å². The molecule has 2 aliphatic rings. The molecule has 0 aliphatic heterocycles. The Hall–Kier alpha value is -0.0400. The molecule has 2 rings (SSSR count). The number of carbonyl (C=O) groups is 1. The lowest BCUT2D eigenvalue weighted by Crippen LogP contribution is -2.48. The lowest BCUT2D eigenvalue weighted by Gasteiger charge is -2.40. The van der Waals surface area contributed by atoms with E-state index < -0.39 is 0 Å². The summed E-state index contributed by atoms with van der Waals surface area (Å²) in [5.74, 6) is 1.18. The topological polar surface area (TPSA) is 17.1 Å². The van der Waals surface area contributed by atoms with Crippen LogP contribution in [0.5, 0.6) is 0 Å². The van der Waals surface area contributed by atoms with Crippen LogP contribution >= 0.6 is 11.6 Å². The van der Waals surface area contributed by atoms with E-state index in [1.165, 1.54) is 44.9 Å². The van der Waals surface area contributed by atoms with Crippen molar-refractivity contribution in [1.82, 2.24) is 0 Å². The van der Waals surface area contributed by atoms with E-state index in [0.29, 0.717) is 17.6 Å². The average molecular weight is 215 g/mol. The number of ketones is 1. The number of fused-ring (bicyclic) bond motifs is 1. The quantitative estimate of drug-likeness (QED) is 0.564. The minimum Gasteiger partial charge on any atom is -0.298 e. The summed E-state index contributed by atoms with van der Waals surface area (Å²) in [4.78, 5) is 11.5. The summed E-state index contributed by atoms with van der Waals surface area (Å²) in [7, 11) is 0. The minimum absolute atomic E-state index is 0.139. The predicted octanol–water partition coefficient (Wildman–Crippen LogP) is 3.54. The van der Waals surface area contributed by atoms with Crippen LogP contribution in [0.1, 0.15) is 51.4 Å². The van der Waals surface area contributed by atoms with Crippen molar-refractivity contribution < 1.29 is 4.79 Å². The van der Waals surface area contributed by atoms with Crippen molar-refractivity contribution in [1.29, 1.82) is 0 Å². The number of Topliss-reactive ketones (excluding diaryl/α,β-unsaturated/α-hetero) is 1. The molecule has 0 aromatic carbocycles. The summed E-state index contributed by atoms with van der Waals surface area (Å²) in [6.07, 6.45) is 10.2. The second kappa shape index (κ2) is 4.65. The van der Waals surface area contributed by atoms with E-state index in [2.05, 4.69) is 0 Å². The fourth-order valence-electron chi connectivity index (χ4n) is 2.87. The average Bonchev–Trinajstić information content (AvgIpc) is 2.23. The van der Waals surface area contributed by atoms with Crippen molar-refractivity contribution in [3.05, 3.63) is 0 Å². The van der Waals surface area contributed by atoms with E-state index in [1.54, 1.807) is 0 Å². The monoisotopic (exact) mass is 214 g/mol. The van der Waals surface area contributed by atoms with Crippen LogP contribution in [0.3, 0.4) is 0 Å². The van der Waals surface area contributed by atoms with Crippen LogP contribution in [0.25, 0.3) is 0 Å². The Morgan fingerprint density at radius 2 is 1.50 bits per heavy atom. The van der Waals surface area contributed by atoms with Gasteiger partial charge in [0.05, 0.1) is 5.38 Å². The Balaban J connectivity index is 1.90. The van der Waals surface area contributed by atoms with Crippen molar-refractivity contribution >= 4 is 17.4 Å². The van der Waals surface area contributed by atoms with Gasteiger partial charge in [-0.2, -0.15) is 0 Å². The molecule has 0 unspecified atom stereocenters. The third kappa shape index (κ3) is 1.98. The molecule has 0 bridgehead atoms. The molecule has 0 radical (unpaired) electrons. The number of alkyl halides is 1. The van der Waals surface area contributed by atoms with Crippen molar-refractivity contribution in [3.63, 3.8) is 0 Å². The zero-order valence-electron chi connectivity index (χ0n) is 8.68. The Kier molecular flexibility index (Phi) is 3.48. The van der Waals surface area contributed by atoms with Crippen LogP contribution in [0, 0.1) is 11.8 Å². The number of hydrogen-bond acceptors (Lipinski definition) is 1. The molecule has 0 heterocycles. The smallest absolute Gasteiger partial charge is 0.154 e. The normalized spacial score (nSPS) is 39.8. The highest BCUT2D eigenvalue weighted by Crippen LogP contribution is 2.42. The molecule has 2 saturated carbocycles. The van der Waals surface area contributed by atoms with Gasteiger partial charge in [0.2, 0.25) is 0 Å². The molecule has 0 spiro atoms. The lowest BCUT2D eigenvalue weighted by molar-refractivity contribution is -0.134. The predicted molar refractivity (Wildman–Crippen MR) is 58.6 cm³/mol.